The van der Waals surface area contributed by atoms with Crippen molar-refractivity contribution >= 4 is 27.3 Å². The molecule has 1 aromatic carbocycles. The normalized spacial score (nSPS) is 17.4. The van der Waals surface area contributed by atoms with Gasteiger partial charge < -0.3 is 9.64 Å². The van der Waals surface area contributed by atoms with Crippen LogP contribution in [0.5, 0.6) is 0 Å². The maximum absolute atomic E-state index is 13.2. The standard InChI is InChI=1S/C21H28N2O4S2/c1-21(2,3)22-29(25,26)19-10-8-16(9-11-19)20(24)23(14-17-6-4-12-27-17)15-18-7-5-13-28-18/h5,7-11,13,17,22H,4,6,12,14-15H2,1-3H3. The van der Waals surface area contributed by atoms with Gasteiger partial charge in [-0.05, 0) is 69.3 Å². The summed E-state index contributed by atoms with van der Waals surface area (Å²) in [4.78, 5) is 16.2. The zero-order chi connectivity index (χ0) is 21.1. The molecule has 3 rings (SSSR count). The third-order valence-corrected chi connectivity index (χ3v) is 7.15. The van der Waals surface area contributed by atoms with Crippen LogP contribution in [0.1, 0.15) is 48.8 Å². The predicted molar refractivity (Wildman–Crippen MR) is 115 cm³/mol. The third kappa shape index (κ3) is 6.12. The maximum Gasteiger partial charge on any atom is 0.254 e. The molecule has 1 unspecified atom stereocenters. The number of nitrogens with zero attached hydrogens (tertiary/aromatic N) is 1. The first-order valence-electron chi connectivity index (χ1n) is 9.71. The molecule has 1 fully saturated rings. The highest BCUT2D eigenvalue weighted by molar-refractivity contribution is 7.89. The van der Waals surface area contributed by atoms with Crippen LogP contribution in [0.15, 0.2) is 46.7 Å². The van der Waals surface area contributed by atoms with Crippen LogP contribution in [0.25, 0.3) is 0 Å². The van der Waals surface area contributed by atoms with Crippen molar-refractivity contribution in [2.24, 2.45) is 0 Å². The fourth-order valence-corrected chi connectivity index (χ4v) is 5.40. The lowest BCUT2D eigenvalue weighted by Gasteiger charge is -2.25. The van der Waals surface area contributed by atoms with E-state index in [-0.39, 0.29) is 16.9 Å². The van der Waals surface area contributed by atoms with Crippen LogP contribution < -0.4 is 4.72 Å². The molecular formula is C21H28N2O4S2. The summed E-state index contributed by atoms with van der Waals surface area (Å²) in [7, 11) is -3.63. The van der Waals surface area contributed by atoms with Crippen molar-refractivity contribution in [1.29, 1.82) is 0 Å². The molecule has 1 N–H and O–H groups in total. The van der Waals surface area contributed by atoms with Gasteiger partial charge in [-0.3, -0.25) is 4.79 Å². The van der Waals surface area contributed by atoms with Crippen LogP contribution in [0.3, 0.4) is 0 Å². The fraction of sp³-hybridized carbons (Fsp3) is 0.476. The van der Waals surface area contributed by atoms with E-state index in [9.17, 15) is 13.2 Å². The molecule has 158 valence electrons. The molecule has 1 amide bonds. The molecule has 0 radical (unpaired) electrons. The summed E-state index contributed by atoms with van der Waals surface area (Å²) in [6.45, 7) is 7.14. The van der Waals surface area contributed by atoms with Gasteiger partial charge in [0, 0.05) is 29.1 Å². The summed E-state index contributed by atoms with van der Waals surface area (Å²) >= 11 is 1.61. The molecule has 0 bridgehead atoms. The Bertz CT molecular complexity index is 911. The van der Waals surface area contributed by atoms with Crippen molar-refractivity contribution in [1.82, 2.24) is 9.62 Å². The van der Waals surface area contributed by atoms with E-state index in [2.05, 4.69) is 4.72 Å². The van der Waals surface area contributed by atoms with Crippen LogP contribution in [0, 0.1) is 0 Å². The number of carbonyl (C=O) groups excluding carboxylic acids is 1. The van der Waals surface area contributed by atoms with Crippen LogP contribution >= 0.6 is 11.3 Å². The molecule has 0 spiro atoms. The van der Waals surface area contributed by atoms with Crippen molar-refractivity contribution in [3.63, 3.8) is 0 Å². The highest BCUT2D eigenvalue weighted by Crippen LogP contribution is 2.20. The zero-order valence-corrected chi connectivity index (χ0v) is 18.7. The summed E-state index contributed by atoms with van der Waals surface area (Å²) in [6.07, 6.45) is 2.01. The van der Waals surface area contributed by atoms with Crippen molar-refractivity contribution in [2.75, 3.05) is 13.2 Å². The Hall–Kier alpha value is -1.74. The Morgan fingerprint density at radius 1 is 1.24 bits per heavy atom. The number of sulfonamides is 1. The largest absolute Gasteiger partial charge is 0.376 e. The number of rotatable bonds is 7. The number of carbonyl (C=O) groups is 1. The van der Waals surface area contributed by atoms with E-state index in [1.54, 1.807) is 49.1 Å². The molecule has 1 aromatic heterocycles. The Morgan fingerprint density at radius 3 is 2.52 bits per heavy atom. The number of nitrogens with one attached hydrogen (secondary N) is 1. The van der Waals surface area contributed by atoms with E-state index < -0.39 is 15.6 Å². The molecule has 6 nitrogen and oxygen atoms in total. The fourth-order valence-electron chi connectivity index (χ4n) is 3.27. The van der Waals surface area contributed by atoms with Crippen LogP contribution in [0.2, 0.25) is 0 Å². The average Bonchev–Trinajstić information content (AvgIpc) is 3.33. The minimum atomic E-state index is -3.63. The van der Waals surface area contributed by atoms with E-state index in [4.69, 9.17) is 4.74 Å². The summed E-state index contributed by atoms with van der Waals surface area (Å²) in [5, 5.41) is 1.99. The van der Waals surface area contributed by atoms with Gasteiger partial charge in [0.25, 0.3) is 5.91 Å². The number of ether oxygens (including phenoxy) is 1. The number of hydrogen-bond acceptors (Lipinski definition) is 5. The van der Waals surface area contributed by atoms with Gasteiger partial charge >= 0.3 is 0 Å². The third-order valence-electron chi connectivity index (χ3n) is 4.51. The molecule has 1 aliphatic heterocycles. The second-order valence-electron chi connectivity index (χ2n) is 8.28. The highest BCUT2D eigenvalue weighted by atomic mass is 32.2. The summed E-state index contributed by atoms with van der Waals surface area (Å²) in [5.74, 6) is -0.123. The molecular weight excluding hydrogens is 408 g/mol. The Morgan fingerprint density at radius 2 is 1.97 bits per heavy atom. The van der Waals surface area contributed by atoms with E-state index in [0.717, 1.165) is 24.3 Å². The molecule has 8 heteroatoms. The molecule has 29 heavy (non-hydrogen) atoms. The van der Waals surface area contributed by atoms with Crippen LogP contribution in [-0.4, -0.2) is 44.0 Å². The summed E-state index contributed by atoms with van der Waals surface area (Å²) in [6, 6.07) is 10.1. The lowest BCUT2D eigenvalue weighted by molar-refractivity contribution is 0.0509. The quantitative estimate of drug-likeness (QED) is 0.719. The van der Waals surface area contributed by atoms with E-state index in [1.807, 2.05) is 17.5 Å². The van der Waals surface area contributed by atoms with Gasteiger partial charge in [0.05, 0.1) is 17.5 Å². The smallest absolute Gasteiger partial charge is 0.254 e. The SMILES string of the molecule is CC(C)(C)NS(=O)(=O)c1ccc(C(=O)N(Cc2cccs2)CC2CCCO2)cc1. The molecule has 1 saturated heterocycles. The van der Waals surface area contributed by atoms with Crippen molar-refractivity contribution in [3.8, 4) is 0 Å². The number of hydrogen-bond donors (Lipinski definition) is 1. The minimum absolute atomic E-state index is 0.0505. The van der Waals surface area contributed by atoms with Crippen LogP contribution in [-0.2, 0) is 21.3 Å². The van der Waals surface area contributed by atoms with Gasteiger partial charge in [0.1, 0.15) is 0 Å². The zero-order valence-electron chi connectivity index (χ0n) is 17.1. The number of amides is 1. The summed E-state index contributed by atoms with van der Waals surface area (Å²) in [5.41, 5.74) is -0.110. The first kappa shape index (κ1) is 22.0. The monoisotopic (exact) mass is 436 g/mol. The minimum Gasteiger partial charge on any atom is -0.376 e. The van der Waals surface area contributed by atoms with Crippen molar-refractivity contribution in [3.05, 3.63) is 52.2 Å². The maximum atomic E-state index is 13.2. The van der Waals surface area contributed by atoms with Gasteiger partial charge in [0.2, 0.25) is 10.0 Å². The first-order valence-corrected chi connectivity index (χ1v) is 12.1. The summed E-state index contributed by atoms with van der Waals surface area (Å²) < 4.78 is 33.3. The molecule has 0 aliphatic carbocycles. The highest BCUT2D eigenvalue weighted by Gasteiger charge is 2.25. The molecule has 1 atom stereocenters. The lowest BCUT2D eigenvalue weighted by atomic mass is 10.1. The second kappa shape index (κ2) is 8.95. The Labute approximate surface area is 176 Å². The lowest BCUT2D eigenvalue weighted by Crippen LogP contribution is -2.40. The van der Waals surface area contributed by atoms with E-state index in [1.165, 1.54) is 12.1 Å². The van der Waals surface area contributed by atoms with Gasteiger partial charge in [-0.1, -0.05) is 6.07 Å². The predicted octanol–water partition coefficient (Wildman–Crippen LogP) is 3.65. The Kier molecular flexibility index (Phi) is 6.78. The van der Waals surface area contributed by atoms with E-state index >= 15 is 0 Å². The van der Waals surface area contributed by atoms with E-state index in [0.29, 0.717) is 18.7 Å². The average molecular weight is 437 g/mol. The van der Waals surface area contributed by atoms with Crippen molar-refractivity contribution < 1.29 is 17.9 Å². The topological polar surface area (TPSA) is 75.7 Å². The van der Waals surface area contributed by atoms with Gasteiger partial charge in [-0.2, -0.15) is 0 Å². The van der Waals surface area contributed by atoms with Crippen molar-refractivity contribution in [2.45, 2.75) is 56.7 Å². The first-order chi connectivity index (χ1) is 13.6. The number of thiophene rings is 1. The van der Waals surface area contributed by atoms with Crippen LogP contribution in [0.4, 0.5) is 0 Å². The van der Waals surface area contributed by atoms with Gasteiger partial charge in [-0.25, -0.2) is 13.1 Å². The second-order valence-corrected chi connectivity index (χ2v) is 11.0. The van der Waals surface area contributed by atoms with Gasteiger partial charge in [-0.15, -0.1) is 11.3 Å². The Balaban J connectivity index is 1.77. The molecule has 2 heterocycles. The van der Waals surface area contributed by atoms with Gasteiger partial charge in [0.15, 0.2) is 0 Å². The molecule has 1 aliphatic rings. The molecule has 0 saturated carbocycles. The number of benzene rings is 1. The molecule has 2 aromatic rings.